The fourth-order valence-corrected chi connectivity index (χ4v) is 5.19. The van der Waals surface area contributed by atoms with E-state index in [9.17, 15) is 4.79 Å². The van der Waals surface area contributed by atoms with Crippen molar-refractivity contribution in [1.82, 2.24) is 14.9 Å². The Kier molecular flexibility index (Phi) is 5.38. The second kappa shape index (κ2) is 7.91. The van der Waals surface area contributed by atoms with Crippen LogP contribution in [0.3, 0.4) is 0 Å². The molecule has 1 saturated heterocycles. The monoisotopic (exact) mass is 372 g/mol. The Morgan fingerprint density at radius 1 is 1.15 bits per heavy atom. The number of amides is 1. The molecule has 1 aliphatic carbocycles. The van der Waals surface area contributed by atoms with E-state index in [1.54, 1.807) is 17.7 Å². The summed E-state index contributed by atoms with van der Waals surface area (Å²) in [4.78, 5) is 28.2. The van der Waals surface area contributed by atoms with Crippen LogP contribution in [0.15, 0.2) is 12.4 Å². The Bertz CT molecular complexity index is 760. The third kappa shape index (κ3) is 3.85. The highest BCUT2D eigenvalue weighted by molar-refractivity contribution is 7.18. The van der Waals surface area contributed by atoms with Gasteiger partial charge in [-0.05, 0) is 25.3 Å². The third-order valence-electron chi connectivity index (χ3n) is 5.85. The van der Waals surface area contributed by atoms with E-state index in [1.807, 2.05) is 0 Å². The van der Waals surface area contributed by atoms with Crippen molar-refractivity contribution in [3.8, 4) is 0 Å². The fraction of sp³-hybridized carbons (Fsp3) is 0.650. The molecule has 0 unspecified atom stereocenters. The second-order valence-corrected chi connectivity index (χ2v) is 8.92. The molecule has 0 spiro atoms. The number of piperazine rings is 1. The van der Waals surface area contributed by atoms with E-state index in [0.29, 0.717) is 5.91 Å². The van der Waals surface area contributed by atoms with Gasteiger partial charge in [0.2, 0.25) is 5.91 Å². The highest BCUT2D eigenvalue weighted by Gasteiger charge is 2.24. The van der Waals surface area contributed by atoms with Crippen molar-refractivity contribution in [2.24, 2.45) is 5.92 Å². The topological polar surface area (TPSA) is 49.3 Å². The van der Waals surface area contributed by atoms with Crippen molar-refractivity contribution in [1.29, 1.82) is 0 Å². The van der Waals surface area contributed by atoms with Gasteiger partial charge in [-0.3, -0.25) is 4.79 Å². The van der Waals surface area contributed by atoms with Gasteiger partial charge < -0.3 is 9.80 Å². The van der Waals surface area contributed by atoms with Crippen LogP contribution in [0, 0.1) is 12.8 Å². The number of anilines is 1. The van der Waals surface area contributed by atoms with Gasteiger partial charge in [0, 0.05) is 37.5 Å². The average molecular weight is 373 g/mol. The lowest BCUT2D eigenvalue weighted by Crippen LogP contribution is -2.49. The molecular formula is C20H28N4OS. The summed E-state index contributed by atoms with van der Waals surface area (Å²) in [6.07, 6.45) is 10.2. The van der Waals surface area contributed by atoms with Gasteiger partial charge in [0.05, 0.1) is 5.39 Å². The molecule has 1 amide bonds. The minimum absolute atomic E-state index is 0.342. The van der Waals surface area contributed by atoms with Gasteiger partial charge in [-0.2, -0.15) is 0 Å². The number of hydrogen-bond donors (Lipinski definition) is 0. The molecule has 6 heteroatoms. The summed E-state index contributed by atoms with van der Waals surface area (Å²) in [5.74, 6) is 2.15. The number of fused-ring (bicyclic) bond motifs is 1. The summed E-state index contributed by atoms with van der Waals surface area (Å²) < 4.78 is 0. The molecule has 2 aromatic rings. The molecular weight excluding hydrogens is 344 g/mol. The van der Waals surface area contributed by atoms with Crippen LogP contribution < -0.4 is 4.90 Å². The van der Waals surface area contributed by atoms with E-state index >= 15 is 0 Å². The van der Waals surface area contributed by atoms with Gasteiger partial charge in [-0.25, -0.2) is 9.97 Å². The smallest absolute Gasteiger partial charge is 0.222 e. The Hall–Kier alpha value is -1.69. The summed E-state index contributed by atoms with van der Waals surface area (Å²) in [7, 11) is 0. The number of thiophene rings is 1. The van der Waals surface area contributed by atoms with Crippen LogP contribution in [-0.2, 0) is 4.79 Å². The van der Waals surface area contributed by atoms with Crippen LogP contribution in [0.25, 0.3) is 10.2 Å². The minimum Gasteiger partial charge on any atom is -0.352 e. The van der Waals surface area contributed by atoms with E-state index in [2.05, 4.69) is 32.8 Å². The molecule has 1 aliphatic heterocycles. The van der Waals surface area contributed by atoms with Crippen LogP contribution in [-0.4, -0.2) is 47.0 Å². The lowest BCUT2D eigenvalue weighted by atomic mass is 9.86. The van der Waals surface area contributed by atoms with Gasteiger partial charge in [0.15, 0.2) is 0 Å². The minimum atomic E-state index is 0.342. The van der Waals surface area contributed by atoms with Crippen molar-refractivity contribution in [3.63, 3.8) is 0 Å². The van der Waals surface area contributed by atoms with Crippen molar-refractivity contribution in [2.45, 2.75) is 51.9 Å². The van der Waals surface area contributed by atoms with Crippen LogP contribution in [0.5, 0.6) is 0 Å². The molecule has 5 nitrogen and oxygen atoms in total. The fourth-order valence-electron chi connectivity index (χ4n) is 4.34. The first-order valence-electron chi connectivity index (χ1n) is 9.94. The Balaban J connectivity index is 1.32. The molecule has 0 atom stereocenters. The molecule has 140 valence electrons. The molecule has 4 rings (SSSR count). The zero-order valence-electron chi connectivity index (χ0n) is 15.6. The summed E-state index contributed by atoms with van der Waals surface area (Å²) in [6, 6.07) is 2.18. The molecule has 1 saturated carbocycles. The van der Waals surface area contributed by atoms with Gasteiger partial charge in [-0.15, -0.1) is 11.3 Å². The van der Waals surface area contributed by atoms with Crippen molar-refractivity contribution in [3.05, 3.63) is 17.3 Å². The number of carbonyl (C=O) groups excluding carboxylic acids is 1. The van der Waals surface area contributed by atoms with Crippen molar-refractivity contribution >= 4 is 33.3 Å². The quantitative estimate of drug-likeness (QED) is 0.814. The first-order valence-corrected chi connectivity index (χ1v) is 10.8. The van der Waals surface area contributed by atoms with Gasteiger partial charge in [-0.1, -0.05) is 32.1 Å². The maximum atomic E-state index is 12.6. The first kappa shape index (κ1) is 17.7. The maximum Gasteiger partial charge on any atom is 0.222 e. The predicted octanol–water partition coefficient (Wildman–Crippen LogP) is 4.01. The standard InChI is InChI=1S/C20H28N4OS/c1-15-13-17-19(21-14-22-20(17)26-15)24-11-9-23(10-12-24)18(25)8-7-16-5-3-2-4-6-16/h13-14,16H,2-12H2,1H3. The van der Waals surface area contributed by atoms with E-state index in [1.165, 1.54) is 37.0 Å². The molecule has 0 radical (unpaired) electrons. The van der Waals surface area contributed by atoms with Crippen LogP contribution >= 0.6 is 11.3 Å². The zero-order valence-corrected chi connectivity index (χ0v) is 16.4. The summed E-state index contributed by atoms with van der Waals surface area (Å²) in [6.45, 7) is 5.43. The predicted molar refractivity (Wildman–Crippen MR) is 107 cm³/mol. The largest absolute Gasteiger partial charge is 0.352 e. The third-order valence-corrected chi connectivity index (χ3v) is 6.81. The first-order chi connectivity index (χ1) is 12.7. The van der Waals surface area contributed by atoms with Crippen molar-refractivity contribution < 1.29 is 4.79 Å². The number of nitrogens with zero attached hydrogens (tertiary/aromatic N) is 4. The lowest BCUT2D eigenvalue weighted by molar-refractivity contribution is -0.131. The second-order valence-electron chi connectivity index (χ2n) is 7.68. The normalized spacial score (nSPS) is 19.3. The number of aromatic nitrogens is 2. The molecule has 0 bridgehead atoms. The van der Waals surface area contributed by atoms with E-state index in [0.717, 1.165) is 61.0 Å². The number of rotatable bonds is 4. The van der Waals surface area contributed by atoms with Crippen LogP contribution in [0.1, 0.15) is 49.8 Å². The van der Waals surface area contributed by atoms with Crippen molar-refractivity contribution in [2.75, 3.05) is 31.1 Å². The maximum absolute atomic E-state index is 12.6. The van der Waals surface area contributed by atoms with Crippen LogP contribution in [0.2, 0.25) is 0 Å². The van der Waals surface area contributed by atoms with Gasteiger partial charge in [0.25, 0.3) is 0 Å². The number of carbonyl (C=O) groups is 1. The number of aryl methyl sites for hydroxylation is 1. The summed E-state index contributed by atoms with van der Waals surface area (Å²) in [5, 5.41) is 1.15. The summed E-state index contributed by atoms with van der Waals surface area (Å²) >= 11 is 1.71. The highest BCUT2D eigenvalue weighted by atomic mass is 32.1. The summed E-state index contributed by atoms with van der Waals surface area (Å²) in [5.41, 5.74) is 0. The number of hydrogen-bond acceptors (Lipinski definition) is 5. The SMILES string of the molecule is Cc1cc2c(N3CCN(C(=O)CCC4CCCCC4)CC3)ncnc2s1. The van der Waals surface area contributed by atoms with Crippen LogP contribution in [0.4, 0.5) is 5.82 Å². The molecule has 3 heterocycles. The molecule has 2 aromatic heterocycles. The van der Waals surface area contributed by atoms with E-state index in [-0.39, 0.29) is 0 Å². The van der Waals surface area contributed by atoms with Gasteiger partial charge >= 0.3 is 0 Å². The molecule has 0 N–H and O–H groups in total. The Morgan fingerprint density at radius 2 is 1.92 bits per heavy atom. The molecule has 26 heavy (non-hydrogen) atoms. The zero-order chi connectivity index (χ0) is 17.9. The molecule has 2 aliphatic rings. The Morgan fingerprint density at radius 3 is 2.69 bits per heavy atom. The lowest BCUT2D eigenvalue weighted by Gasteiger charge is -2.36. The molecule has 2 fully saturated rings. The molecule has 0 aromatic carbocycles. The highest BCUT2D eigenvalue weighted by Crippen LogP contribution is 2.30. The average Bonchev–Trinajstić information content (AvgIpc) is 3.07. The van der Waals surface area contributed by atoms with E-state index in [4.69, 9.17) is 0 Å². The Labute approximate surface area is 159 Å². The van der Waals surface area contributed by atoms with E-state index < -0.39 is 0 Å². The van der Waals surface area contributed by atoms with Gasteiger partial charge in [0.1, 0.15) is 17.0 Å².